The summed E-state index contributed by atoms with van der Waals surface area (Å²) in [7, 11) is 0. The average molecular weight is 497 g/mol. The normalized spacial score (nSPS) is 18.6. The number of hydrogen-bond acceptors (Lipinski definition) is 5. The van der Waals surface area contributed by atoms with Gasteiger partial charge in [0.25, 0.3) is 0 Å². The molecule has 37 heavy (non-hydrogen) atoms. The van der Waals surface area contributed by atoms with Crippen molar-refractivity contribution >= 4 is 6.29 Å². The summed E-state index contributed by atoms with van der Waals surface area (Å²) in [6, 6.07) is 18.7. The second-order valence-corrected chi connectivity index (χ2v) is 9.44. The van der Waals surface area contributed by atoms with E-state index in [0.29, 0.717) is 0 Å². The van der Waals surface area contributed by atoms with Crippen molar-refractivity contribution in [3.63, 3.8) is 0 Å². The Labute approximate surface area is 220 Å². The molecule has 2 aromatic carbocycles. The van der Waals surface area contributed by atoms with Crippen molar-refractivity contribution in [1.29, 1.82) is 5.26 Å². The number of nitrogens with zero attached hydrogens (tertiary/aromatic N) is 1. The fraction of sp³-hybridized carbons (Fsp3) is 0.312. The van der Waals surface area contributed by atoms with Crippen molar-refractivity contribution in [2.75, 3.05) is 13.2 Å². The van der Waals surface area contributed by atoms with Crippen LogP contribution in [0, 0.1) is 18.3 Å². The van der Waals surface area contributed by atoms with Gasteiger partial charge in [0, 0.05) is 30.4 Å². The molecule has 1 heterocycles. The third kappa shape index (κ3) is 7.31. The summed E-state index contributed by atoms with van der Waals surface area (Å²) in [4.78, 5) is 8.81. The van der Waals surface area contributed by atoms with E-state index in [-0.39, 0.29) is 23.8 Å². The zero-order valence-electron chi connectivity index (χ0n) is 21.9. The first kappa shape index (κ1) is 27.7. The van der Waals surface area contributed by atoms with Gasteiger partial charge in [-0.1, -0.05) is 72.8 Å². The Morgan fingerprint density at radius 3 is 2.38 bits per heavy atom. The highest BCUT2D eigenvalue weighted by Gasteiger charge is 2.38. The number of carbonyl (C=O) groups excluding carboxylic acids is 1. The van der Waals surface area contributed by atoms with E-state index < -0.39 is 0 Å². The minimum atomic E-state index is -0.155. The lowest BCUT2D eigenvalue weighted by Gasteiger charge is -2.41. The molecule has 192 valence electrons. The lowest BCUT2D eigenvalue weighted by atomic mass is 9.71. The van der Waals surface area contributed by atoms with Crippen LogP contribution in [0.1, 0.15) is 49.4 Å². The highest BCUT2D eigenvalue weighted by molar-refractivity contribution is 5.68. The van der Waals surface area contributed by atoms with Crippen LogP contribution in [-0.4, -0.2) is 25.6 Å². The molecule has 0 spiro atoms. The molecule has 2 aliphatic rings. The fourth-order valence-corrected chi connectivity index (χ4v) is 4.64. The van der Waals surface area contributed by atoms with Gasteiger partial charge in [-0.3, -0.25) is 4.79 Å². The monoisotopic (exact) mass is 496 g/mol. The molecule has 2 atom stereocenters. The van der Waals surface area contributed by atoms with Gasteiger partial charge in [-0.25, -0.2) is 0 Å². The number of nitriles is 1. The van der Waals surface area contributed by atoms with Gasteiger partial charge in [0.05, 0.1) is 0 Å². The molecule has 0 bridgehead atoms. The first-order valence-corrected chi connectivity index (χ1v) is 12.6. The minimum Gasteiger partial charge on any atom is -0.482 e. The summed E-state index contributed by atoms with van der Waals surface area (Å²) < 4.78 is 12.0. The van der Waals surface area contributed by atoms with Crippen molar-refractivity contribution in [3.8, 4) is 11.8 Å². The third-order valence-electron chi connectivity index (χ3n) is 6.93. The maximum absolute atomic E-state index is 8.81. The SMILES string of the molecule is C=C(NC(C)c1ccc(C)cc1)C1(c2ccc(OC3C=CC=CC=C3C)cc2)CCOCC1.N#CC=O. The molecule has 0 amide bonds. The van der Waals surface area contributed by atoms with Gasteiger partial charge in [-0.15, -0.1) is 0 Å². The minimum absolute atomic E-state index is 0.0464. The van der Waals surface area contributed by atoms with Crippen LogP contribution in [-0.2, 0) is 14.9 Å². The lowest BCUT2D eigenvalue weighted by molar-refractivity contribution is -0.103. The van der Waals surface area contributed by atoms with Crippen LogP contribution in [0.25, 0.3) is 0 Å². The van der Waals surface area contributed by atoms with Crippen molar-refractivity contribution in [2.24, 2.45) is 0 Å². The predicted molar refractivity (Wildman–Crippen MR) is 148 cm³/mol. The van der Waals surface area contributed by atoms with Gasteiger partial charge in [0.2, 0.25) is 6.29 Å². The molecule has 2 aromatic rings. The number of hydrogen-bond donors (Lipinski definition) is 1. The summed E-state index contributed by atoms with van der Waals surface area (Å²) >= 11 is 0. The van der Waals surface area contributed by atoms with Crippen molar-refractivity contribution in [3.05, 3.63) is 113 Å². The number of aldehydes is 1. The van der Waals surface area contributed by atoms with Crippen LogP contribution in [0.2, 0.25) is 0 Å². The Kier molecular flexibility index (Phi) is 10.1. The number of aryl methyl sites for hydroxylation is 1. The molecular formula is C32H36N2O3. The van der Waals surface area contributed by atoms with E-state index in [1.165, 1.54) is 28.3 Å². The van der Waals surface area contributed by atoms with E-state index in [9.17, 15) is 0 Å². The number of allylic oxidation sites excluding steroid dienone is 5. The van der Waals surface area contributed by atoms with Gasteiger partial charge in [0.15, 0.2) is 0 Å². The second-order valence-electron chi connectivity index (χ2n) is 9.44. The number of ether oxygens (including phenoxy) is 2. The molecule has 1 fully saturated rings. The van der Waals surface area contributed by atoms with Crippen LogP contribution in [0.3, 0.4) is 0 Å². The zero-order chi connectivity index (χ0) is 26.7. The first-order chi connectivity index (χ1) is 17.9. The Morgan fingerprint density at radius 2 is 1.76 bits per heavy atom. The van der Waals surface area contributed by atoms with Crippen LogP contribution in [0.15, 0.2) is 96.8 Å². The Hall–Kier alpha value is -3.88. The van der Waals surface area contributed by atoms with Gasteiger partial charge >= 0.3 is 0 Å². The molecular weight excluding hydrogens is 460 g/mol. The summed E-state index contributed by atoms with van der Waals surface area (Å²) in [5.41, 5.74) is 5.89. The molecule has 0 aromatic heterocycles. The van der Waals surface area contributed by atoms with Gasteiger partial charge in [0.1, 0.15) is 17.9 Å². The van der Waals surface area contributed by atoms with E-state index in [0.717, 1.165) is 37.5 Å². The molecule has 1 saturated heterocycles. The molecule has 0 saturated carbocycles. The smallest absolute Gasteiger partial charge is 0.219 e. The quantitative estimate of drug-likeness (QED) is 0.353. The molecule has 4 rings (SSSR count). The van der Waals surface area contributed by atoms with E-state index in [4.69, 9.17) is 19.5 Å². The summed E-state index contributed by atoms with van der Waals surface area (Å²) in [6.07, 6.45) is 12.3. The van der Waals surface area contributed by atoms with Crippen LogP contribution in [0.4, 0.5) is 0 Å². The zero-order valence-corrected chi connectivity index (χ0v) is 21.9. The fourth-order valence-electron chi connectivity index (χ4n) is 4.64. The van der Waals surface area contributed by atoms with Crippen molar-refractivity contribution in [2.45, 2.75) is 51.2 Å². The molecule has 1 N–H and O–H groups in total. The lowest BCUT2D eigenvalue weighted by Crippen LogP contribution is -2.41. The molecule has 2 unspecified atom stereocenters. The van der Waals surface area contributed by atoms with Crippen LogP contribution >= 0.6 is 0 Å². The van der Waals surface area contributed by atoms with Gasteiger partial charge in [-0.05, 0) is 68.5 Å². The predicted octanol–water partition coefficient (Wildman–Crippen LogP) is 6.44. The second kappa shape index (κ2) is 13.4. The number of rotatable bonds is 7. The average Bonchev–Trinajstić information content (AvgIpc) is 3.13. The Bertz CT molecular complexity index is 1180. The highest BCUT2D eigenvalue weighted by atomic mass is 16.5. The van der Waals surface area contributed by atoms with E-state index in [1.807, 2.05) is 18.2 Å². The van der Waals surface area contributed by atoms with Crippen molar-refractivity contribution < 1.29 is 14.3 Å². The highest BCUT2D eigenvalue weighted by Crippen LogP contribution is 2.41. The number of benzene rings is 2. The summed E-state index contributed by atoms with van der Waals surface area (Å²) in [5, 5.41) is 11.0. The topological polar surface area (TPSA) is 71.3 Å². The Balaban J connectivity index is 0.000000886. The van der Waals surface area contributed by atoms with Crippen LogP contribution < -0.4 is 10.1 Å². The Morgan fingerprint density at radius 1 is 1.11 bits per heavy atom. The molecule has 5 nitrogen and oxygen atoms in total. The summed E-state index contributed by atoms with van der Waals surface area (Å²) in [6.45, 7) is 12.4. The number of carbonyl (C=O) groups is 1. The van der Waals surface area contributed by atoms with E-state index in [2.05, 4.69) is 93.3 Å². The maximum atomic E-state index is 8.81. The molecule has 0 radical (unpaired) electrons. The van der Waals surface area contributed by atoms with Crippen LogP contribution in [0.5, 0.6) is 5.75 Å². The summed E-state index contributed by atoms with van der Waals surface area (Å²) in [5.74, 6) is 0.872. The van der Waals surface area contributed by atoms with Crippen molar-refractivity contribution in [1.82, 2.24) is 5.32 Å². The molecule has 1 aliphatic heterocycles. The van der Waals surface area contributed by atoms with E-state index >= 15 is 0 Å². The standard InChI is InChI=1S/C30H35NO2.C2HNO/c1-22-10-12-26(13-11-22)24(3)31-25(4)30(18-20-32-21-19-30)27-14-16-28(17-15-27)33-29-9-7-5-6-8-23(29)2;3-1-2-4/h5-17,24,29,31H,4,18-21H2,1-3H3;2H. The molecule has 5 heteroatoms. The maximum Gasteiger partial charge on any atom is 0.219 e. The third-order valence-corrected chi connectivity index (χ3v) is 6.93. The van der Waals surface area contributed by atoms with E-state index in [1.54, 1.807) is 0 Å². The van der Waals surface area contributed by atoms with Gasteiger partial charge in [-0.2, -0.15) is 5.26 Å². The first-order valence-electron chi connectivity index (χ1n) is 12.6. The molecule has 1 aliphatic carbocycles. The number of nitrogens with one attached hydrogen (secondary N) is 1. The van der Waals surface area contributed by atoms with Gasteiger partial charge < -0.3 is 14.8 Å². The largest absolute Gasteiger partial charge is 0.482 e.